The van der Waals surface area contributed by atoms with E-state index in [-0.39, 0.29) is 0 Å². The van der Waals surface area contributed by atoms with Crippen molar-refractivity contribution in [2.75, 3.05) is 39.8 Å². The first-order valence-electron chi connectivity index (χ1n) is 7.92. The van der Waals surface area contributed by atoms with Gasteiger partial charge in [-0.05, 0) is 38.5 Å². The Morgan fingerprint density at radius 1 is 1.25 bits per heavy atom. The van der Waals surface area contributed by atoms with Crippen LogP contribution in [0.2, 0.25) is 0 Å². The van der Waals surface area contributed by atoms with Gasteiger partial charge in [0.25, 0.3) is 0 Å². The van der Waals surface area contributed by atoms with Gasteiger partial charge in [0.1, 0.15) is 0 Å². The molecule has 2 rings (SSSR count). The average molecular weight is 275 g/mol. The van der Waals surface area contributed by atoms with Gasteiger partial charge < -0.3 is 10.6 Å². The lowest BCUT2D eigenvalue weighted by molar-refractivity contribution is 0.174. The highest BCUT2D eigenvalue weighted by Gasteiger charge is 2.24. The highest BCUT2D eigenvalue weighted by atomic mass is 15.2. The van der Waals surface area contributed by atoms with Gasteiger partial charge in [0, 0.05) is 31.6 Å². The normalized spacial score (nSPS) is 23.4. The van der Waals surface area contributed by atoms with Crippen molar-refractivity contribution in [3.8, 4) is 0 Å². The highest BCUT2D eigenvalue weighted by molar-refractivity contribution is 5.20. The molecule has 2 unspecified atom stereocenters. The Bertz CT molecular complexity index is 379. The molecule has 0 aromatic heterocycles. The maximum Gasteiger partial charge on any atom is 0.0220 e. The van der Waals surface area contributed by atoms with Gasteiger partial charge >= 0.3 is 0 Å². The lowest BCUT2D eigenvalue weighted by atomic mass is 9.97. The Morgan fingerprint density at radius 2 is 2.00 bits per heavy atom. The molecule has 2 N–H and O–H groups in total. The van der Waals surface area contributed by atoms with Gasteiger partial charge in [-0.3, -0.25) is 4.90 Å². The summed E-state index contributed by atoms with van der Waals surface area (Å²) in [5.74, 6) is 0.452. The van der Waals surface area contributed by atoms with Crippen molar-refractivity contribution in [1.82, 2.24) is 9.80 Å². The van der Waals surface area contributed by atoms with E-state index in [4.69, 9.17) is 5.73 Å². The highest BCUT2D eigenvalue weighted by Crippen LogP contribution is 2.20. The van der Waals surface area contributed by atoms with E-state index in [0.717, 1.165) is 13.1 Å². The summed E-state index contributed by atoms with van der Waals surface area (Å²) in [6, 6.07) is 11.4. The Morgan fingerprint density at radius 3 is 2.65 bits per heavy atom. The zero-order valence-electron chi connectivity index (χ0n) is 13.0. The van der Waals surface area contributed by atoms with Gasteiger partial charge in [-0.15, -0.1) is 0 Å². The number of benzene rings is 1. The van der Waals surface area contributed by atoms with E-state index in [1.807, 2.05) is 0 Å². The van der Waals surface area contributed by atoms with Crippen LogP contribution in [0, 0.1) is 0 Å². The van der Waals surface area contributed by atoms with Crippen molar-refractivity contribution in [2.45, 2.75) is 31.7 Å². The molecule has 3 heteroatoms. The molecule has 0 radical (unpaired) electrons. The molecule has 1 saturated heterocycles. The van der Waals surface area contributed by atoms with Crippen LogP contribution in [0.4, 0.5) is 0 Å². The van der Waals surface area contributed by atoms with E-state index in [2.05, 4.69) is 54.1 Å². The molecule has 1 aromatic carbocycles. The van der Waals surface area contributed by atoms with Crippen LogP contribution >= 0.6 is 0 Å². The van der Waals surface area contributed by atoms with Crippen molar-refractivity contribution < 1.29 is 0 Å². The fourth-order valence-electron chi connectivity index (χ4n) is 3.24. The molecule has 20 heavy (non-hydrogen) atoms. The van der Waals surface area contributed by atoms with E-state index in [9.17, 15) is 0 Å². The molecule has 1 aromatic rings. The third-order valence-corrected chi connectivity index (χ3v) is 4.51. The van der Waals surface area contributed by atoms with Crippen LogP contribution in [0.25, 0.3) is 0 Å². The molecule has 3 nitrogen and oxygen atoms in total. The lowest BCUT2D eigenvalue weighted by Crippen LogP contribution is -2.42. The fraction of sp³-hybridized carbons (Fsp3) is 0.647. The molecular weight excluding hydrogens is 246 g/mol. The van der Waals surface area contributed by atoms with Crippen molar-refractivity contribution in [3.05, 3.63) is 35.9 Å². The predicted molar refractivity (Wildman–Crippen MR) is 86.0 cm³/mol. The van der Waals surface area contributed by atoms with Gasteiger partial charge in [0.05, 0.1) is 0 Å². The first-order chi connectivity index (χ1) is 9.74. The van der Waals surface area contributed by atoms with Crippen molar-refractivity contribution in [1.29, 1.82) is 0 Å². The summed E-state index contributed by atoms with van der Waals surface area (Å²) in [6.07, 6.45) is 2.48. The summed E-state index contributed by atoms with van der Waals surface area (Å²) in [7, 11) is 2.24. The maximum absolute atomic E-state index is 6.04. The van der Waals surface area contributed by atoms with E-state index in [1.54, 1.807) is 0 Å². The van der Waals surface area contributed by atoms with Crippen molar-refractivity contribution in [2.24, 2.45) is 5.73 Å². The van der Waals surface area contributed by atoms with Crippen LogP contribution in [0.15, 0.2) is 30.3 Å². The third-order valence-electron chi connectivity index (χ3n) is 4.51. The second-order valence-electron chi connectivity index (χ2n) is 6.02. The van der Waals surface area contributed by atoms with Crippen LogP contribution in [0.1, 0.15) is 31.2 Å². The SMILES string of the molecule is CCC1CN(C)CCCN1CC(CN)c1ccccc1. The summed E-state index contributed by atoms with van der Waals surface area (Å²) in [5.41, 5.74) is 7.42. The molecule has 0 saturated carbocycles. The molecular formula is C17H29N3. The summed E-state index contributed by atoms with van der Waals surface area (Å²) in [6.45, 7) is 7.72. The predicted octanol–water partition coefficient (Wildman–Crippen LogP) is 2.15. The topological polar surface area (TPSA) is 32.5 Å². The van der Waals surface area contributed by atoms with E-state index < -0.39 is 0 Å². The molecule has 0 amide bonds. The van der Waals surface area contributed by atoms with Crippen molar-refractivity contribution in [3.63, 3.8) is 0 Å². The number of likely N-dealkylation sites (N-methyl/N-ethyl adjacent to an activating group) is 1. The zero-order valence-corrected chi connectivity index (χ0v) is 13.0. The Labute approximate surface area is 123 Å². The van der Waals surface area contributed by atoms with Gasteiger partial charge in [0.2, 0.25) is 0 Å². The summed E-state index contributed by atoms with van der Waals surface area (Å²) in [4.78, 5) is 5.13. The van der Waals surface area contributed by atoms with Crippen LogP contribution in [0.3, 0.4) is 0 Å². The second kappa shape index (κ2) is 7.77. The van der Waals surface area contributed by atoms with Gasteiger partial charge in [0.15, 0.2) is 0 Å². The van der Waals surface area contributed by atoms with Gasteiger partial charge in [-0.2, -0.15) is 0 Å². The minimum atomic E-state index is 0.452. The molecule has 0 bridgehead atoms. The Balaban J connectivity index is 2.05. The largest absolute Gasteiger partial charge is 0.330 e. The number of nitrogens with zero attached hydrogens (tertiary/aromatic N) is 2. The molecule has 2 atom stereocenters. The third kappa shape index (κ3) is 4.05. The first kappa shape index (κ1) is 15.5. The number of rotatable bonds is 5. The van der Waals surface area contributed by atoms with Gasteiger partial charge in [-0.1, -0.05) is 37.3 Å². The minimum absolute atomic E-state index is 0.452. The van der Waals surface area contributed by atoms with Crippen molar-refractivity contribution >= 4 is 0 Å². The molecule has 1 fully saturated rings. The average Bonchev–Trinajstić information content (AvgIpc) is 2.66. The van der Waals surface area contributed by atoms with E-state index in [0.29, 0.717) is 12.0 Å². The number of nitrogens with two attached hydrogens (primary N) is 1. The first-order valence-corrected chi connectivity index (χ1v) is 7.92. The Kier molecular flexibility index (Phi) is 6.02. The van der Waals surface area contributed by atoms with E-state index >= 15 is 0 Å². The van der Waals surface area contributed by atoms with Crippen LogP contribution in [0.5, 0.6) is 0 Å². The smallest absolute Gasteiger partial charge is 0.0220 e. The zero-order chi connectivity index (χ0) is 14.4. The number of hydrogen-bond acceptors (Lipinski definition) is 3. The minimum Gasteiger partial charge on any atom is -0.330 e. The summed E-state index contributed by atoms with van der Waals surface area (Å²) < 4.78 is 0. The maximum atomic E-state index is 6.04. The second-order valence-corrected chi connectivity index (χ2v) is 6.02. The monoisotopic (exact) mass is 275 g/mol. The fourth-order valence-corrected chi connectivity index (χ4v) is 3.24. The van der Waals surface area contributed by atoms with Crippen LogP contribution < -0.4 is 5.73 Å². The molecule has 1 heterocycles. The van der Waals surface area contributed by atoms with E-state index in [1.165, 1.54) is 38.0 Å². The molecule has 0 spiro atoms. The summed E-state index contributed by atoms with van der Waals surface area (Å²) >= 11 is 0. The molecule has 1 aliphatic rings. The quantitative estimate of drug-likeness (QED) is 0.893. The van der Waals surface area contributed by atoms with Crippen LogP contribution in [-0.2, 0) is 0 Å². The Hall–Kier alpha value is -0.900. The molecule has 112 valence electrons. The number of hydrogen-bond donors (Lipinski definition) is 1. The lowest BCUT2D eigenvalue weighted by Gasteiger charge is -2.33. The van der Waals surface area contributed by atoms with Gasteiger partial charge in [-0.25, -0.2) is 0 Å². The standard InChI is InChI=1S/C17H29N3/c1-3-17-14-19(2)10-7-11-20(17)13-16(12-18)15-8-5-4-6-9-15/h4-6,8-9,16-17H,3,7,10-14,18H2,1-2H3. The van der Waals surface area contributed by atoms with Crippen LogP contribution in [-0.4, -0.2) is 55.6 Å². The molecule has 0 aliphatic carbocycles. The summed E-state index contributed by atoms with van der Waals surface area (Å²) in [5, 5.41) is 0. The molecule has 1 aliphatic heterocycles.